The van der Waals surface area contributed by atoms with Crippen LogP contribution in [-0.2, 0) is 27.9 Å². The molecule has 0 aliphatic carbocycles. The van der Waals surface area contributed by atoms with Gasteiger partial charge in [-0.1, -0.05) is 38.1 Å². The summed E-state index contributed by atoms with van der Waals surface area (Å²) in [5, 5.41) is 2.75. The maximum Gasteiger partial charge on any atom is 0.240 e. The highest BCUT2D eigenvalue weighted by atomic mass is 32.2. The molecular formula is C18H21FN2O3S. The molecule has 0 radical (unpaired) electrons. The maximum absolute atomic E-state index is 13.2. The van der Waals surface area contributed by atoms with Gasteiger partial charge >= 0.3 is 0 Å². The average Bonchev–Trinajstić information content (AvgIpc) is 2.58. The Morgan fingerprint density at radius 3 is 2.32 bits per heavy atom. The van der Waals surface area contributed by atoms with E-state index in [1.54, 1.807) is 32.0 Å². The largest absolute Gasteiger partial charge is 0.352 e. The Kier molecular flexibility index (Phi) is 6.27. The van der Waals surface area contributed by atoms with E-state index in [0.29, 0.717) is 11.1 Å². The summed E-state index contributed by atoms with van der Waals surface area (Å²) in [7, 11) is -3.73. The van der Waals surface area contributed by atoms with Crippen LogP contribution < -0.4 is 10.0 Å². The molecule has 2 N–H and O–H groups in total. The number of amides is 1. The number of carbonyl (C=O) groups excluding carboxylic acids is 1. The van der Waals surface area contributed by atoms with E-state index in [1.165, 1.54) is 30.3 Å². The molecule has 2 aromatic rings. The zero-order chi connectivity index (χ0) is 18.4. The predicted octanol–water partition coefficient (Wildman–Crippen LogP) is 2.58. The summed E-state index contributed by atoms with van der Waals surface area (Å²) in [6.07, 6.45) is 0. The van der Waals surface area contributed by atoms with E-state index < -0.39 is 15.8 Å². The summed E-state index contributed by atoms with van der Waals surface area (Å²) in [6, 6.07) is 12.1. The van der Waals surface area contributed by atoms with E-state index in [2.05, 4.69) is 10.0 Å². The van der Waals surface area contributed by atoms with Gasteiger partial charge in [0.2, 0.25) is 15.9 Å². The Morgan fingerprint density at radius 2 is 1.68 bits per heavy atom. The molecule has 134 valence electrons. The molecule has 2 rings (SSSR count). The van der Waals surface area contributed by atoms with Gasteiger partial charge in [-0.3, -0.25) is 4.79 Å². The first-order valence-corrected chi connectivity index (χ1v) is 9.37. The van der Waals surface area contributed by atoms with Crippen LogP contribution in [0.5, 0.6) is 0 Å². The van der Waals surface area contributed by atoms with Crippen LogP contribution in [-0.4, -0.2) is 14.3 Å². The number of hydrogen-bond donors (Lipinski definition) is 2. The highest BCUT2D eigenvalue weighted by molar-refractivity contribution is 7.89. The topological polar surface area (TPSA) is 75.3 Å². The molecule has 0 unspecified atom stereocenters. The van der Waals surface area contributed by atoms with Gasteiger partial charge in [0, 0.05) is 19.0 Å². The molecule has 1 amide bonds. The quantitative estimate of drug-likeness (QED) is 0.793. The van der Waals surface area contributed by atoms with Gasteiger partial charge < -0.3 is 5.32 Å². The molecule has 0 fully saturated rings. The third-order valence-electron chi connectivity index (χ3n) is 3.56. The van der Waals surface area contributed by atoms with Crippen molar-refractivity contribution in [2.24, 2.45) is 5.92 Å². The molecule has 0 saturated heterocycles. The Balaban J connectivity index is 2.06. The van der Waals surface area contributed by atoms with Crippen molar-refractivity contribution in [3.63, 3.8) is 0 Å². The molecule has 0 aliphatic heterocycles. The summed E-state index contributed by atoms with van der Waals surface area (Å²) < 4.78 is 40.4. The summed E-state index contributed by atoms with van der Waals surface area (Å²) in [4.78, 5) is 11.7. The molecule has 0 spiro atoms. The van der Waals surface area contributed by atoms with Crippen LogP contribution >= 0.6 is 0 Å². The van der Waals surface area contributed by atoms with Gasteiger partial charge in [0.05, 0.1) is 4.90 Å². The number of benzene rings is 2. The molecule has 0 aliphatic rings. The van der Waals surface area contributed by atoms with Crippen molar-refractivity contribution in [1.29, 1.82) is 0 Å². The van der Waals surface area contributed by atoms with Crippen LogP contribution in [0.1, 0.15) is 25.0 Å². The van der Waals surface area contributed by atoms with Gasteiger partial charge in [0.1, 0.15) is 5.82 Å². The van der Waals surface area contributed by atoms with Gasteiger partial charge in [0.15, 0.2) is 0 Å². The maximum atomic E-state index is 13.2. The molecule has 25 heavy (non-hydrogen) atoms. The highest BCUT2D eigenvalue weighted by Gasteiger charge is 2.15. The van der Waals surface area contributed by atoms with E-state index in [1.807, 2.05) is 0 Å². The summed E-state index contributed by atoms with van der Waals surface area (Å²) >= 11 is 0. The third-order valence-corrected chi connectivity index (χ3v) is 4.95. The van der Waals surface area contributed by atoms with Gasteiger partial charge in [0.25, 0.3) is 0 Å². The molecule has 0 aromatic heterocycles. The first-order chi connectivity index (χ1) is 11.8. The lowest BCUT2D eigenvalue weighted by atomic mass is 10.2. The minimum absolute atomic E-state index is 0.00555. The van der Waals surface area contributed by atoms with Gasteiger partial charge in [-0.15, -0.1) is 0 Å². The second-order valence-electron chi connectivity index (χ2n) is 5.97. The van der Waals surface area contributed by atoms with Crippen LogP contribution in [0, 0.1) is 11.7 Å². The van der Waals surface area contributed by atoms with Crippen molar-refractivity contribution in [2.45, 2.75) is 31.8 Å². The first kappa shape index (κ1) is 19.1. The van der Waals surface area contributed by atoms with E-state index in [4.69, 9.17) is 0 Å². The summed E-state index contributed by atoms with van der Waals surface area (Å²) in [6.45, 7) is 3.82. The Bertz CT molecular complexity index is 851. The molecule has 0 saturated carbocycles. The Morgan fingerprint density at radius 1 is 1.04 bits per heavy atom. The molecule has 2 aromatic carbocycles. The second kappa shape index (κ2) is 8.22. The number of carbonyl (C=O) groups is 1. The SMILES string of the molecule is CC(C)C(=O)NCc1cccc(S(=O)(=O)NCc2cccc(F)c2)c1. The number of hydrogen-bond acceptors (Lipinski definition) is 3. The zero-order valence-electron chi connectivity index (χ0n) is 14.1. The van der Waals surface area contributed by atoms with Crippen molar-refractivity contribution in [3.05, 3.63) is 65.5 Å². The number of sulfonamides is 1. The fourth-order valence-corrected chi connectivity index (χ4v) is 3.21. The van der Waals surface area contributed by atoms with E-state index >= 15 is 0 Å². The lowest BCUT2D eigenvalue weighted by Crippen LogP contribution is -2.27. The van der Waals surface area contributed by atoms with Crippen LogP contribution in [0.25, 0.3) is 0 Å². The monoisotopic (exact) mass is 364 g/mol. The number of nitrogens with one attached hydrogen (secondary N) is 2. The lowest BCUT2D eigenvalue weighted by molar-refractivity contribution is -0.124. The van der Waals surface area contributed by atoms with Gasteiger partial charge in [-0.25, -0.2) is 17.5 Å². The average molecular weight is 364 g/mol. The first-order valence-electron chi connectivity index (χ1n) is 7.89. The van der Waals surface area contributed by atoms with Crippen molar-refractivity contribution < 1.29 is 17.6 Å². The standard InChI is InChI=1S/C18H21FN2O3S/c1-13(2)18(22)20-11-15-6-4-8-17(10-15)25(23,24)21-12-14-5-3-7-16(19)9-14/h3-10,13,21H,11-12H2,1-2H3,(H,20,22). The number of rotatable bonds is 7. The highest BCUT2D eigenvalue weighted by Crippen LogP contribution is 2.13. The van der Waals surface area contributed by atoms with Gasteiger partial charge in [-0.05, 0) is 35.4 Å². The van der Waals surface area contributed by atoms with E-state index in [0.717, 1.165) is 0 Å². The molecule has 7 heteroatoms. The van der Waals surface area contributed by atoms with Crippen molar-refractivity contribution in [1.82, 2.24) is 10.0 Å². The van der Waals surface area contributed by atoms with Crippen LogP contribution in [0.2, 0.25) is 0 Å². The van der Waals surface area contributed by atoms with Crippen LogP contribution in [0.3, 0.4) is 0 Å². The molecule has 5 nitrogen and oxygen atoms in total. The smallest absolute Gasteiger partial charge is 0.240 e. The molecular weight excluding hydrogens is 343 g/mol. The van der Waals surface area contributed by atoms with Crippen LogP contribution in [0.4, 0.5) is 4.39 Å². The normalized spacial score (nSPS) is 11.5. The Labute approximate surface area is 147 Å². The summed E-state index contributed by atoms with van der Waals surface area (Å²) in [5.41, 5.74) is 1.21. The predicted molar refractivity (Wildman–Crippen MR) is 93.6 cm³/mol. The zero-order valence-corrected chi connectivity index (χ0v) is 14.9. The fraction of sp³-hybridized carbons (Fsp3) is 0.278. The van der Waals surface area contributed by atoms with Gasteiger partial charge in [-0.2, -0.15) is 0 Å². The third kappa shape index (κ3) is 5.65. The molecule has 0 atom stereocenters. The lowest BCUT2D eigenvalue weighted by Gasteiger charge is -2.10. The van der Waals surface area contributed by atoms with E-state index in [-0.39, 0.29) is 29.8 Å². The number of halogens is 1. The summed E-state index contributed by atoms with van der Waals surface area (Å²) in [5.74, 6) is -0.656. The van der Waals surface area contributed by atoms with Crippen molar-refractivity contribution in [2.75, 3.05) is 0 Å². The van der Waals surface area contributed by atoms with Crippen molar-refractivity contribution in [3.8, 4) is 0 Å². The van der Waals surface area contributed by atoms with Crippen molar-refractivity contribution >= 4 is 15.9 Å². The Hall–Kier alpha value is -2.25. The molecule has 0 bridgehead atoms. The minimum atomic E-state index is -3.73. The van der Waals surface area contributed by atoms with E-state index in [9.17, 15) is 17.6 Å². The van der Waals surface area contributed by atoms with Crippen LogP contribution in [0.15, 0.2) is 53.4 Å². The molecule has 0 heterocycles. The second-order valence-corrected chi connectivity index (χ2v) is 7.74. The minimum Gasteiger partial charge on any atom is -0.352 e. The fourth-order valence-electron chi connectivity index (χ4n) is 2.12.